The van der Waals surface area contributed by atoms with Crippen molar-refractivity contribution in [3.05, 3.63) is 0 Å². The van der Waals surface area contributed by atoms with Crippen LogP contribution in [0.25, 0.3) is 0 Å². The molecule has 78 valence electrons. The molecule has 3 N–H and O–H groups in total. The fourth-order valence-electron chi connectivity index (χ4n) is 0.943. The average molecular weight is 188 g/mol. The van der Waals surface area contributed by atoms with Crippen LogP contribution in [0, 0.1) is 0 Å². The predicted molar refractivity (Wildman–Crippen MR) is 52.5 cm³/mol. The number of hydrogen-bond acceptors (Lipinski definition) is 3. The van der Waals surface area contributed by atoms with Crippen LogP contribution in [0.1, 0.15) is 33.6 Å². The Morgan fingerprint density at radius 3 is 2.62 bits per heavy atom. The Bertz CT molecular complexity index is 149. The van der Waals surface area contributed by atoms with Crippen molar-refractivity contribution in [2.45, 2.75) is 45.8 Å². The highest BCUT2D eigenvalue weighted by Gasteiger charge is 2.06. The topological polar surface area (TPSA) is 64.3 Å². The first-order valence-corrected chi connectivity index (χ1v) is 4.76. The van der Waals surface area contributed by atoms with Gasteiger partial charge in [0.1, 0.15) is 0 Å². The number of hydrogen-bond donors (Lipinski definition) is 2. The van der Waals surface area contributed by atoms with Gasteiger partial charge in [-0.2, -0.15) is 0 Å². The molecule has 0 bridgehead atoms. The molecule has 0 aliphatic heterocycles. The van der Waals surface area contributed by atoms with Gasteiger partial charge < -0.3 is 15.8 Å². The van der Waals surface area contributed by atoms with Crippen molar-refractivity contribution in [1.29, 1.82) is 0 Å². The Balaban J connectivity index is 3.46. The Hall–Kier alpha value is -0.770. The van der Waals surface area contributed by atoms with E-state index in [1.807, 2.05) is 13.8 Å². The van der Waals surface area contributed by atoms with Crippen molar-refractivity contribution < 1.29 is 9.53 Å². The summed E-state index contributed by atoms with van der Waals surface area (Å²) in [6.07, 6.45) is 1.48. The lowest BCUT2D eigenvalue weighted by Crippen LogP contribution is -2.38. The molecule has 0 aliphatic rings. The van der Waals surface area contributed by atoms with Crippen LogP contribution in [0.3, 0.4) is 0 Å². The molecular weight excluding hydrogens is 168 g/mol. The van der Waals surface area contributed by atoms with E-state index < -0.39 is 0 Å². The molecular formula is C9H20N2O2. The average Bonchev–Trinajstić information content (AvgIpc) is 2.00. The summed E-state index contributed by atoms with van der Waals surface area (Å²) in [4.78, 5) is 11.0. The van der Waals surface area contributed by atoms with E-state index in [4.69, 9.17) is 10.5 Å². The van der Waals surface area contributed by atoms with Gasteiger partial charge in [-0.05, 0) is 20.3 Å². The molecule has 4 nitrogen and oxygen atoms in total. The summed E-state index contributed by atoms with van der Waals surface area (Å²) in [5, 5.41) is 2.61. The normalized spacial score (nSPS) is 12.7. The fraction of sp³-hybridized carbons (Fsp3) is 0.889. The summed E-state index contributed by atoms with van der Waals surface area (Å²) in [6.45, 7) is 6.17. The van der Waals surface area contributed by atoms with Gasteiger partial charge in [-0.25, -0.2) is 4.79 Å². The quantitative estimate of drug-likeness (QED) is 0.682. The summed E-state index contributed by atoms with van der Waals surface area (Å²) in [6, 6.07) is 0.0321. The number of rotatable bonds is 5. The van der Waals surface area contributed by atoms with Crippen molar-refractivity contribution in [1.82, 2.24) is 5.32 Å². The maximum Gasteiger partial charge on any atom is 0.407 e. The molecule has 1 unspecified atom stereocenters. The fourth-order valence-corrected chi connectivity index (χ4v) is 0.943. The highest BCUT2D eigenvalue weighted by molar-refractivity contribution is 5.67. The Morgan fingerprint density at radius 1 is 1.54 bits per heavy atom. The number of amides is 1. The first-order valence-electron chi connectivity index (χ1n) is 4.76. The zero-order chi connectivity index (χ0) is 10.3. The van der Waals surface area contributed by atoms with Crippen LogP contribution in [0.2, 0.25) is 0 Å². The largest absolute Gasteiger partial charge is 0.447 e. The Kier molecular flexibility index (Phi) is 6.32. The molecule has 0 aliphatic carbocycles. The third-order valence-corrected chi connectivity index (χ3v) is 1.51. The summed E-state index contributed by atoms with van der Waals surface area (Å²) < 4.78 is 4.87. The molecule has 0 fully saturated rings. The van der Waals surface area contributed by atoms with Gasteiger partial charge in [0.15, 0.2) is 0 Å². The van der Waals surface area contributed by atoms with Crippen molar-refractivity contribution >= 4 is 6.09 Å². The minimum absolute atomic E-state index is 0.0321. The molecule has 0 aromatic heterocycles. The minimum atomic E-state index is -0.387. The number of carbonyl (C=O) groups is 1. The molecule has 1 atom stereocenters. The molecule has 0 heterocycles. The lowest BCUT2D eigenvalue weighted by molar-refractivity contribution is 0.115. The van der Waals surface area contributed by atoms with E-state index in [9.17, 15) is 4.79 Å². The van der Waals surface area contributed by atoms with Crippen LogP contribution in [0.5, 0.6) is 0 Å². The number of nitrogens with two attached hydrogens (primary N) is 1. The summed E-state index contributed by atoms with van der Waals surface area (Å²) >= 11 is 0. The first kappa shape index (κ1) is 12.2. The second-order valence-electron chi connectivity index (χ2n) is 3.38. The van der Waals surface area contributed by atoms with Crippen molar-refractivity contribution in [3.8, 4) is 0 Å². The summed E-state index contributed by atoms with van der Waals surface area (Å²) in [5.74, 6) is 0. The van der Waals surface area contributed by atoms with Crippen molar-refractivity contribution in [2.75, 3.05) is 6.54 Å². The van der Waals surface area contributed by atoms with E-state index in [0.29, 0.717) is 6.54 Å². The summed E-state index contributed by atoms with van der Waals surface area (Å²) in [5.41, 5.74) is 5.69. The minimum Gasteiger partial charge on any atom is -0.447 e. The maximum absolute atomic E-state index is 11.0. The highest BCUT2D eigenvalue weighted by atomic mass is 16.6. The molecule has 0 saturated carbocycles. The molecule has 4 heteroatoms. The third-order valence-electron chi connectivity index (χ3n) is 1.51. The molecule has 0 radical (unpaired) electrons. The van der Waals surface area contributed by atoms with Crippen LogP contribution in [0.15, 0.2) is 0 Å². The number of ether oxygens (including phenoxy) is 1. The first-order chi connectivity index (χ1) is 6.06. The van der Waals surface area contributed by atoms with Crippen LogP contribution >= 0.6 is 0 Å². The zero-order valence-electron chi connectivity index (χ0n) is 8.67. The molecule has 0 spiro atoms. The molecule has 0 rings (SSSR count). The van der Waals surface area contributed by atoms with Crippen LogP contribution in [-0.2, 0) is 4.74 Å². The molecule has 1 amide bonds. The standard InChI is InChI=1S/C9H20N2O2/c1-4-5-8(10)6-11-9(12)13-7(2)3/h7-8H,4-6,10H2,1-3H3,(H,11,12). The third kappa shape index (κ3) is 7.59. The highest BCUT2D eigenvalue weighted by Crippen LogP contribution is 1.92. The Labute approximate surface area is 79.8 Å². The predicted octanol–water partition coefficient (Wildman–Crippen LogP) is 1.25. The molecule has 0 aromatic rings. The second-order valence-corrected chi connectivity index (χ2v) is 3.38. The van der Waals surface area contributed by atoms with Crippen molar-refractivity contribution in [3.63, 3.8) is 0 Å². The van der Waals surface area contributed by atoms with E-state index in [1.54, 1.807) is 0 Å². The lowest BCUT2D eigenvalue weighted by atomic mass is 10.2. The van der Waals surface area contributed by atoms with Gasteiger partial charge in [-0.1, -0.05) is 13.3 Å². The van der Waals surface area contributed by atoms with E-state index in [0.717, 1.165) is 12.8 Å². The monoisotopic (exact) mass is 188 g/mol. The van der Waals surface area contributed by atoms with E-state index in [1.165, 1.54) is 0 Å². The number of carbonyl (C=O) groups excluding carboxylic acids is 1. The van der Waals surface area contributed by atoms with Gasteiger partial charge in [0, 0.05) is 12.6 Å². The van der Waals surface area contributed by atoms with Gasteiger partial charge in [-0.15, -0.1) is 0 Å². The summed E-state index contributed by atoms with van der Waals surface area (Å²) in [7, 11) is 0. The van der Waals surface area contributed by atoms with E-state index in [-0.39, 0.29) is 18.2 Å². The van der Waals surface area contributed by atoms with Gasteiger partial charge in [0.25, 0.3) is 0 Å². The second kappa shape index (κ2) is 6.71. The molecule has 0 aromatic carbocycles. The van der Waals surface area contributed by atoms with Gasteiger partial charge in [-0.3, -0.25) is 0 Å². The number of nitrogens with one attached hydrogen (secondary N) is 1. The maximum atomic E-state index is 11.0. The van der Waals surface area contributed by atoms with Crippen LogP contribution < -0.4 is 11.1 Å². The molecule has 13 heavy (non-hydrogen) atoms. The van der Waals surface area contributed by atoms with Crippen LogP contribution in [0.4, 0.5) is 4.79 Å². The SMILES string of the molecule is CCCC(N)CNC(=O)OC(C)C. The number of alkyl carbamates (subject to hydrolysis) is 1. The van der Waals surface area contributed by atoms with E-state index in [2.05, 4.69) is 12.2 Å². The van der Waals surface area contributed by atoms with Crippen LogP contribution in [-0.4, -0.2) is 24.8 Å². The smallest absolute Gasteiger partial charge is 0.407 e. The van der Waals surface area contributed by atoms with Gasteiger partial charge >= 0.3 is 6.09 Å². The zero-order valence-corrected chi connectivity index (χ0v) is 8.67. The lowest BCUT2D eigenvalue weighted by Gasteiger charge is -2.13. The van der Waals surface area contributed by atoms with E-state index >= 15 is 0 Å². The Morgan fingerprint density at radius 2 is 2.15 bits per heavy atom. The van der Waals surface area contributed by atoms with Crippen molar-refractivity contribution in [2.24, 2.45) is 5.73 Å². The van der Waals surface area contributed by atoms with Gasteiger partial charge in [0.2, 0.25) is 0 Å². The van der Waals surface area contributed by atoms with Gasteiger partial charge in [0.05, 0.1) is 6.10 Å². The molecule has 0 saturated heterocycles.